The second kappa shape index (κ2) is 8.20. The van der Waals surface area contributed by atoms with E-state index in [2.05, 4.69) is 11.6 Å². The molecule has 0 saturated carbocycles. The van der Waals surface area contributed by atoms with E-state index in [0.717, 1.165) is 18.7 Å². The van der Waals surface area contributed by atoms with Crippen molar-refractivity contribution in [1.82, 2.24) is 4.98 Å². The van der Waals surface area contributed by atoms with Crippen molar-refractivity contribution in [2.75, 3.05) is 31.1 Å². The van der Waals surface area contributed by atoms with Gasteiger partial charge in [0.2, 0.25) is 0 Å². The highest BCUT2D eigenvalue weighted by atomic mass is 32.1. The van der Waals surface area contributed by atoms with E-state index < -0.39 is 4.92 Å². The second-order valence-corrected chi connectivity index (χ2v) is 7.08. The van der Waals surface area contributed by atoms with E-state index in [1.807, 2.05) is 5.38 Å². The van der Waals surface area contributed by atoms with E-state index in [9.17, 15) is 14.9 Å². The summed E-state index contributed by atoms with van der Waals surface area (Å²) in [6.07, 6.45) is 4.04. The lowest BCUT2D eigenvalue weighted by Gasteiger charge is -2.20. The van der Waals surface area contributed by atoms with Crippen LogP contribution in [-0.4, -0.2) is 42.0 Å². The molecule has 0 unspecified atom stereocenters. The van der Waals surface area contributed by atoms with Crippen LogP contribution in [0.1, 0.15) is 12.8 Å². The molecular formula is C18H21N4O3S+. The number of hydrogen-bond acceptors (Lipinski definition) is 5. The SMILES string of the molecule is C=CCN(C(=O)C[NH+]1CCCC1)c1nc(-c2ccc([N+](=O)[O-])cc2)cs1. The third-order valence-corrected chi connectivity index (χ3v) is 5.29. The number of carbonyl (C=O) groups is 1. The molecule has 0 aliphatic carbocycles. The van der Waals surface area contributed by atoms with Crippen LogP contribution in [-0.2, 0) is 4.79 Å². The average Bonchev–Trinajstić information content (AvgIpc) is 3.31. The maximum Gasteiger partial charge on any atom is 0.284 e. The van der Waals surface area contributed by atoms with Gasteiger partial charge < -0.3 is 4.90 Å². The van der Waals surface area contributed by atoms with Gasteiger partial charge in [0.15, 0.2) is 11.7 Å². The van der Waals surface area contributed by atoms with Gasteiger partial charge >= 0.3 is 0 Å². The molecule has 0 radical (unpaired) electrons. The third kappa shape index (κ3) is 4.14. The van der Waals surface area contributed by atoms with Gasteiger partial charge in [0, 0.05) is 42.5 Å². The lowest BCUT2D eigenvalue weighted by atomic mass is 10.1. The van der Waals surface area contributed by atoms with Gasteiger partial charge in [-0.05, 0) is 12.1 Å². The van der Waals surface area contributed by atoms with Crippen molar-refractivity contribution in [2.45, 2.75) is 12.8 Å². The Balaban J connectivity index is 1.77. The van der Waals surface area contributed by atoms with Gasteiger partial charge in [0.25, 0.3) is 11.6 Å². The Kier molecular flexibility index (Phi) is 5.75. The Bertz CT molecular complexity index is 797. The van der Waals surface area contributed by atoms with Crippen molar-refractivity contribution >= 4 is 28.1 Å². The number of hydrogen-bond donors (Lipinski definition) is 1. The Morgan fingerprint density at radius 1 is 1.35 bits per heavy atom. The number of nitro benzene ring substituents is 1. The largest absolute Gasteiger partial charge is 0.327 e. The van der Waals surface area contributed by atoms with Gasteiger partial charge in [-0.25, -0.2) is 4.98 Å². The first-order chi connectivity index (χ1) is 12.6. The number of carbonyl (C=O) groups excluding carboxylic acids is 1. The Morgan fingerprint density at radius 3 is 2.65 bits per heavy atom. The molecule has 8 heteroatoms. The number of amides is 1. The molecule has 1 aromatic carbocycles. The monoisotopic (exact) mass is 373 g/mol. The number of nitrogens with one attached hydrogen (secondary N) is 1. The number of benzene rings is 1. The summed E-state index contributed by atoms with van der Waals surface area (Å²) in [6, 6.07) is 6.26. The number of non-ortho nitro benzene ring substituents is 1. The van der Waals surface area contributed by atoms with E-state index in [0.29, 0.717) is 23.9 Å². The van der Waals surface area contributed by atoms with E-state index in [4.69, 9.17) is 0 Å². The quantitative estimate of drug-likeness (QED) is 0.457. The van der Waals surface area contributed by atoms with Crippen molar-refractivity contribution in [3.8, 4) is 11.3 Å². The van der Waals surface area contributed by atoms with Gasteiger partial charge in [-0.3, -0.25) is 19.8 Å². The normalized spacial score (nSPS) is 14.3. The van der Waals surface area contributed by atoms with Gasteiger partial charge in [0.05, 0.1) is 23.7 Å². The molecule has 2 aromatic rings. The van der Waals surface area contributed by atoms with E-state index in [1.165, 1.54) is 41.2 Å². The predicted octanol–water partition coefficient (Wildman–Crippen LogP) is 1.92. The zero-order chi connectivity index (χ0) is 18.5. The number of nitro groups is 1. The molecule has 1 aliphatic heterocycles. The topological polar surface area (TPSA) is 80.8 Å². The van der Waals surface area contributed by atoms with Crippen molar-refractivity contribution < 1.29 is 14.6 Å². The molecule has 136 valence electrons. The molecule has 1 fully saturated rings. The fourth-order valence-electron chi connectivity index (χ4n) is 3.05. The summed E-state index contributed by atoms with van der Waals surface area (Å²) in [6.45, 7) is 6.71. The first-order valence-electron chi connectivity index (χ1n) is 8.53. The summed E-state index contributed by atoms with van der Waals surface area (Å²) >= 11 is 1.39. The summed E-state index contributed by atoms with van der Waals surface area (Å²) in [5.74, 6) is 0.0476. The molecule has 0 atom stereocenters. The highest BCUT2D eigenvalue weighted by Gasteiger charge is 2.25. The Labute approximate surface area is 155 Å². The lowest BCUT2D eigenvalue weighted by Crippen LogP contribution is -3.11. The minimum atomic E-state index is -0.429. The molecule has 1 amide bonds. The summed E-state index contributed by atoms with van der Waals surface area (Å²) in [4.78, 5) is 30.6. The summed E-state index contributed by atoms with van der Waals surface area (Å²) in [5.41, 5.74) is 1.53. The zero-order valence-electron chi connectivity index (χ0n) is 14.4. The molecule has 1 saturated heterocycles. The third-order valence-electron chi connectivity index (χ3n) is 4.42. The fraction of sp³-hybridized carbons (Fsp3) is 0.333. The maximum absolute atomic E-state index is 12.7. The van der Waals surface area contributed by atoms with Gasteiger partial charge in [-0.2, -0.15) is 0 Å². The highest BCUT2D eigenvalue weighted by molar-refractivity contribution is 7.14. The van der Waals surface area contributed by atoms with Crippen molar-refractivity contribution in [3.63, 3.8) is 0 Å². The first kappa shape index (κ1) is 18.2. The lowest BCUT2D eigenvalue weighted by molar-refractivity contribution is -0.878. The zero-order valence-corrected chi connectivity index (χ0v) is 15.2. The molecule has 26 heavy (non-hydrogen) atoms. The molecular weight excluding hydrogens is 352 g/mol. The van der Waals surface area contributed by atoms with Crippen LogP contribution in [0.3, 0.4) is 0 Å². The van der Waals surface area contributed by atoms with E-state index in [1.54, 1.807) is 23.1 Å². The van der Waals surface area contributed by atoms with Gasteiger partial charge in [-0.15, -0.1) is 17.9 Å². The van der Waals surface area contributed by atoms with Crippen LogP contribution in [0, 0.1) is 10.1 Å². The number of rotatable bonds is 7. The molecule has 7 nitrogen and oxygen atoms in total. The molecule has 1 aromatic heterocycles. The van der Waals surface area contributed by atoms with Gasteiger partial charge in [0.1, 0.15) is 0 Å². The number of thiazole rings is 1. The predicted molar refractivity (Wildman–Crippen MR) is 102 cm³/mol. The fourth-order valence-corrected chi connectivity index (χ4v) is 3.91. The van der Waals surface area contributed by atoms with Crippen molar-refractivity contribution in [3.05, 3.63) is 52.4 Å². The van der Waals surface area contributed by atoms with Gasteiger partial charge in [-0.1, -0.05) is 6.08 Å². The number of likely N-dealkylation sites (tertiary alicyclic amines) is 1. The molecule has 0 spiro atoms. The van der Waals surface area contributed by atoms with Crippen LogP contribution in [0.15, 0.2) is 42.3 Å². The Morgan fingerprint density at radius 2 is 2.04 bits per heavy atom. The minimum absolute atomic E-state index is 0.0428. The number of quaternary nitrogens is 1. The summed E-state index contributed by atoms with van der Waals surface area (Å²) in [5, 5.41) is 13.3. The van der Waals surface area contributed by atoms with Crippen LogP contribution in [0.25, 0.3) is 11.3 Å². The average molecular weight is 373 g/mol. The molecule has 2 heterocycles. The first-order valence-corrected chi connectivity index (χ1v) is 9.41. The number of nitrogens with zero attached hydrogens (tertiary/aromatic N) is 3. The standard InChI is InChI=1S/C18H20N4O3S/c1-2-9-21(17(23)12-20-10-3-4-11-20)18-19-16(13-26-18)14-5-7-15(8-6-14)22(24)25/h2,5-8,13H,1,3-4,9-12H2/p+1. The molecule has 1 aliphatic rings. The van der Waals surface area contributed by atoms with Crippen LogP contribution >= 0.6 is 11.3 Å². The van der Waals surface area contributed by atoms with E-state index in [-0.39, 0.29) is 11.6 Å². The van der Waals surface area contributed by atoms with Crippen LogP contribution in [0.5, 0.6) is 0 Å². The van der Waals surface area contributed by atoms with Crippen molar-refractivity contribution in [2.24, 2.45) is 0 Å². The Hall–Kier alpha value is -2.58. The molecule has 0 bridgehead atoms. The summed E-state index contributed by atoms with van der Waals surface area (Å²) < 4.78 is 0. The number of anilines is 1. The van der Waals surface area contributed by atoms with Crippen LogP contribution in [0.4, 0.5) is 10.8 Å². The smallest absolute Gasteiger partial charge is 0.284 e. The molecule has 1 N–H and O–H groups in total. The van der Waals surface area contributed by atoms with Crippen LogP contribution in [0.2, 0.25) is 0 Å². The maximum atomic E-state index is 12.7. The summed E-state index contributed by atoms with van der Waals surface area (Å²) in [7, 11) is 0. The van der Waals surface area contributed by atoms with Crippen molar-refractivity contribution in [1.29, 1.82) is 0 Å². The second-order valence-electron chi connectivity index (χ2n) is 6.25. The molecule has 3 rings (SSSR count). The minimum Gasteiger partial charge on any atom is -0.327 e. The highest BCUT2D eigenvalue weighted by Crippen LogP contribution is 2.28. The van der Waals surface area contributed by atoms with Crippen LogP contribution < -0.4 is 9.80 Å². The van der Waals surface area contributed by atoms with E-state index >= 15 is 0 Å². The number of aromatic nitrogens is 1.